The van der Waals surface area contributed by atoms with Crippen molar-refractivity contribution in [2.75, 3.05) is 37.9 Å². The van der Waals surface area contributed by atoms with Crippen LogP contribution >= 0.6 is 25.3 Å². The Kier molecular flexibility index (Phi) is 11.3. The van der Waals surface area contributed by atoms with E-state index in [0.717, 1.165) is 0 Å². The molecule has 1 aliphatic rings. The van der Waals surface area contributed by atoms with Gasteiger partial charge in [-0.15, -0.1) is 0 Å². The van der Waals surface area contributed by atoms with Crippen molar-refractivity contribution in [3.05, 3.63) is 29.6 Å². The molecule has 10 heteroatoms. The highest BCUT2D eigenvalue weighted by Gasteiger charge is 2.32. The number of aromatic nitrogens is 1. The molecule has 2 heterocycles. The number of cyclic esters (lactones) is 2. The predicted octanol–water partition coefficient (Wildman–Crippen LogP) is 3.88. The number of fused-ring (bicyclic) bond motifs is 2. The van der Waals surface area contributed by atoms with Crippen LogP contribution in [-0.2, 0) is 23.7 Å². The van der Waals surface area contributed by atoms with Crippen molar-refractivity contribution in [3.63, 3.8) is 0 Å². The summed E-state index contributed by atoms with van der Waals surface area (Å²) in [6.07, 6.45) is -1.71. The van der Waals surface area contributed by atoms with Crippen LogP contribution in [0.15, 0.2) is 18.2 Å². The van der Waals surface area contributed by atoms with Crippen molar-refractivity contribution in [3.8, 4) is 0 Å². The Morgan fingerprint density at radius 3 is 1.51 bits per heavy atom. The zero-order valence-corrected chi connectivity index (χ0v) is 23.3. The molecule has 0 amide bonds. The SMILES string of the molecule is CC(C)(C)[C@H]1COCC(CS)OC(CS)COC[C@H](C(C)(C)C)OC(=O)c2cccc(n2)C(=O)O1. The molecular formula is C25H39NO7S2. The van der Waals surface area contributed by atoms with Gasteiger partial charge in [0.1, 0.15) is 23.6 Å². The quantitative estimate of drug-likeness (QED) is 0.440. The smallest absolute Gasteiger partial charge is 0.357 e. The van der Waals surface area contributed by atoms with E-state index in [1.54, 1.807) is 6.07 Å². The molecule has 1 aromatic rings. The van der Waals surface area contributed by atoms with Crippen LogP contribution in [0.4, 0.5) is 0 Å². The molecule has 0 spiro atoms. The first-order chi connectivity index (χ1) is 16.3. The average Bonchev–Trinajstić information content (AvgIpc) is 2.78. The predicted molar refractivity (Wildman–Crippen MR) is 140 cm³/mol. The van der Waals surface area contributed by atoms with Gasteiger partial charge in [0.2, 0.25) is 0 Å². The van der Waals surface area contributed by atoms with Gasteiger partial charge in [0.25, 0.3) is 0 Å². The molecule has 0 fully saturated rings. The maximum absolute atomic E-state index is 12.9. The van der Waals surface area contributed by atoms with Gasteiger partial charge >= 0.3 is 11.9 Å². The standard InChI is InChI=1S/C25H39NO7S2/c1-24(2,3)20-12-29-10-16(14-34)31-17(15-35)11-30-13-21(25(4,5)6)33-23(28)19-9-7-8-18(26-19)22(27)32-20/h7-9,16-17,20-21,34-35H,10-15H2,1-6H3/t16?,17?,20-,21-/m1/s1. The third-order valence-electron chi connectivity index (χ3n) is 5.54. The minimum Gasteiger partial charge on any atom is -0.455 e. The fourth-order valence-corrected chi connectivity index (χ4v) is 3.50. The second-order valence-corrected chi connectivity index (χ2v) is 11.5. The summed E-state index contributed by atoms with van der Waals surface area (Å²) >= 11 is 8.77. The number of ether oxygens (including phenoxy) is 5. The number of carbonyl (C=O) groups is 2. The fourth-order valence-electron chi connectivity index (χ4n) is 3.12. The second kappa shape index (κ2) is 13.3. The van der Waals surface area contributed by atoms with E-state index in [-0.39, 0.29) is 50.0 Å². The van der Waals surface area contributed by atoms with Crippen molar-refractivity contribution in [1.82, 2.24) is 4.98 Å². The van der Waals surface area contributed by atoms with Gasteiger partial charge in [-0.05, 0) is 12.1 Å². The van der Waals surface area contributed by atoms with Gasteiger partial charge in [0.15, 0.2) is 0 Å². The highest BCUT2D eigenvalue weighted by Crippen LogP contribution is 2.25. The number of esters is 2. The van der Waals surface area contributed by atoms with E-state index in [4.69, 9.17) is 23.7 Å². The Labute approximate surface area is 219 Å². The minimum absolute atomic E-state index is 0.0200. The molecule has 0 saturated carbocycles. The van der Waals surface area contributed by atoms with Crippen LogP contribution < -0.4 is 0 Å². The molecule has 0 aromatic carbocycles. The zero-order valence-electron chi connectivity index (χ0n) is 21.5. The number of pyridine rings is 1. The van der Waals surface area contributed by atoms with Crippen LogP contribution in [0.3, 0.4) is 0 Å². The number of carbonyl (C=O) groups excluding carboxylic acids is 2. The fraction of sp³-hybridized carbons (Fsp3) is 0.720. The van der Waals surface area contributed by atoms with Crippen molar-refractivity contribution in [2.24, 2.45) is 10.8 Å². The first-order valence-electron chi connectivity index (χ1n) is 11.8. The molecule has 0 saturated heterocycles. The van der Waals surface area contributed by atoms with Gasteiger partial charge in [0.05, 0.1) is 38.6 Å². The van der Waals surface area contributed by atoms with E-state index >= 15 is 0 Å². The maximum Gasteiger partial charge on any atom is 0.357 e. The van der Waals surface area contributed by atoms with Crippen molar-refractivity contribution < 1.29 is 33.3 Å². The monoisotopic (exact) mass is 529 g/mol. The van der Waals surface area contributed by atoms with Crippen molar-refractivity contribution in [2.45, 2.75) is 66.0 Å². The minimum atomic E-state index is -0.642. The van der Waals surface area contributed by atoms with Crippen LogP contribution in [0.25, 0.3) is 0 Å². The van der Waals surface area contributed by atoms with Gasteiger partial charge in [-0.3, -0.25) is 0 Å². The van der Waals surface area contributed by atoms with Gasteiger partial charge in [-0.1, -0.05) is 47.6 Å². The summed E-state index contributed by atoms with van der Waals surface area (Å²) in [6, 6.07) is 4.59. The summed E-state index contributed by atoms with van der Waals surface area (Å²) in [7, 11) is 0. The molecule has 0 N–H and O–H groups in total. The van der Waals surface area contributed by atoms with E-state index in [9.17, 15) is 9.59 Å². The highest BCUT2D eigenvalue weighted by atomic mass is 32.1. The maximum atomic E-state index is 12.9. The summed E-state index contributed by atoms with van der Waals surface area (Å²) in [5.41, 5.74) is -0.754. The van der Waals surface area contributed by atoms with Gasteiger partial charge in [0, 0.05) is 22.3 Å². The number of nitrogens with zero attached hydrogens (tertiary/aromatic N) is 1. The van der Waals surface area contributed by atoms with Crippen LogP contribution in [0.1, 0.15) is 62.5 Å². The third-order valence-corrected chi connectivity index (χ3v) is 6.35. The largest absolute Gasteiger partial charge is 0.455 e. The summed E-state index contributed by atoms with van der Waals surface area (Å²) in [4.78, 5) is 30.0. The van der Waals surface area contributed by atoms with Crippen molar-refractivity contribution >= 4 is 37.2 Å². The Bertz CT molecular complexity index is 775. The summed E-state index contributed by atoms with van der Waals surface area (Å²) in [5.74, 6) is -0.416. The molecule has 0 radical (unpaired) electrons. The zero-order chi connectivity index (χ0) is 26.2. The molecule has 4 atom stereocenters. The second-order valence-electron chi connectivity index (χ2n) is 10.7. The molecule has 8 nitrogen and oxygen atoms in total. The molecule has 2 rings (SSSR count). The Morgan fingerprint density at radius 2 is 1.17 bits per heavy atom. The average molecular weight is 530 g/mol. The molecule has 1 aliphatic heterocycles. The summed E-state index contributed by atoms with van der Waals surface area (Å²) < 4.78 is 29.4. The number of thiol groups is 2. The van der Waals surface area contributed by atoms with Gasteiger partial charge < -0.3 is 23.7 Å². The van der Waals surface area contributed by atoms with Crippen LogP contribution in [0.5, 0.6) is 0 Å². The first kappa shape index (κ1) is 29.9. The lowest BCUT2D eigenvalue weighted by atomic mass is 9.89. The summed E-state index contributed by atoms with van der Waals surface area (Å²) in [5, 5.41) is 0. The van der Waals surface area contributed by atoms with E-state index in [1.165, 1.54) is 12.1 Å². The first-order valence-corrected chi connectivity index (χ1v) is 13.0. The lowest BCUT2D eigenvalue weighted by Gasteiger charge is -2.32. The normalized spacial score (nSPS) is 26.3. The molecule has 2 unspecified atom stereocenters. The van der Waals surface area contributed by atoms with Crippen LogP contribution in [0.2, 0.25) is 0 Å². The molecule has 35 heavy (non-hydrogen) atoms. The Morgan fingerprint density at radius 1 is 0.771 bits per heavy atom. The third kappa shape index (κ3) is 9.57. The van der Waals surface area contributed by atoms with E-state index in [0.29, 0.717) is 11.5 Å². The van der Waals surface area contributed by atoms with Crippen LogP contribution in [0, 0.1) is 10.8 Å². The Balaban J connectivity index is 2.35. The summed E-state index contributed by atoms with van der Waals surface area (Å²) in [6.45, 7) is 12.6. The lowest BCUT2D eigenvalue weighted by Crippen LogP contribution is -2.39. The topological polar surface area (TPSA) is 93.2 Å². The molecular weight excluding hydrogens is 490 g/mol. The number of hydrogen-bond acceptors (Lipinski definition) is 10. The molecule has 0 aliphatic carbocycles. The van der Waals surface area contributed by atoms with E-state index in [2.05, 4.69) is 30.2 Å². The van der Waals surface area contributed by atoms with E-state index in [1.807, 2.05) is 41.5 Å². The molecule has 2 bridgehead atoms. The van der Waals surface area contributed by atoms with E-state index < -0.39 is 35.0 Å². The van der Waals surface area contributed by atoms with Gasteiger partial charge in [-0.2, -0.15) is 25.3 Å². The molecule has 198 valence electrons. The molecule has 1 aromatic heterocycles. The number of rotatable bonds is 2. The van der Waals surface area contributed by atoms with Gasteiger partial charge in [-0.25, -0.2) is 14.6 Å². The number of hydrogen-bond donors (Lipinski definition) is 2. The highest BCUT2D eigenvalue weighted by molar-refractivity contribution is 7.80. The lowest BCUT2D eigenvalue weighted by molar-refractivity contribution is -0.100. The van der Waals surface area contributed by atoms with Crippen molar-refractivity contribution in [1.29, 1.82) is 0 Å². The van der Waals surface area contributed by atoms with Crippen LogP contribution in [-0.4, -0.2) is 79.3 Å². The Hall–Kier alpha value is -1.33.